The zero-order valence-electron chi connectivity index (χ0n) is 9.13. The van der Waals surface area contributed by atoms with Crippen LogP contribution in [0.2, 0.25) is 0 Å². The van der Waals surface area contributed by atoms with Gasteiger partial charge in [0.15, 0.2) is 0 Å². The Labute approximate surface area is 101 Å². The molecule has 96 valence electrons. The van der Waals surface area contributed by atoms with Crippen LogP contribution >= 0.6 is 0 Å². The lowest BCUT2D eigenvalue weighted by molar-refractivity contribution is -0.274. The van der Waals surface area contributed by atoms with Crippen molar-refractivity contribution >= 4 is 0 Å². The highest BCUT2D eigenvalue weighted by Gasteiger charge is 2.31. The fraction of sp³-hybridized carbons (Fsp3) is 0.0833. The van der Waals surface area contributed by atoms with Gasteiger partial charge in [-0.15, -0.1) is 13.2 Å². The van der Waals surface area contributed by atoms with Crippen molar-refractivity contribution in [3.63, 3.8) is 0 Å². The lowest BCUT2D eigenvalue weighted by Crippen LogP contribution is -2.16. The van der Waals surface area contributed by atoms with Gasteiger partial charge in [0.05, 0.1) is 0 Å². The Morgan fingerprint density at radius 2 is 1.67 bits per heavy atom. The van der Waals surface area contributed by atoms with Crippen molar-refractivity contribution in [3.8, 4) is 11.5 Å². The third-order valence-corrected chi connectivity index (χ3v) is 1.62. The summed E-state index contributed by atoms with van der Waals surface area (Å²) in [5.41, 5.74) is 0. The van der Waals surface area contributed by atoms with E-state index in [1.54, 1.807) is 12.4 Å². The number of pyridine rings is 1. The van der Waals surface area contributed by atoms with Crippen molar-refractivity contribution in [1.29, 1.82) is 0 Å². The standard InChI is InChI=1S/C7H5F3O2.C5H5N/c8-7(9,10)12-6-3-1-2-5(11)4-6;1-2-4-6-5-3-1/h1-4,11H;1-5H. The molecule has 1 heterocycles. The van der Waals surface area contributed by atoms with Gasteiger partial charge in [-0.1, -0.05) is 12.1 Å². The first-order valence-electron chi connectivity index (χ1n) is 4.87. The number of nitrogens with zero attached hydrogens (tertiary/aromatic N) is 1. The molecular weight excluding hydrogens is 247 g/mol. The van der Waals surface area contributed by atoms with E-state index >= 15 is 0 Å². The minimum Gasteiger partial charge on any atom is -0.508 e. The Kier molecular flexibility index (Phi) is 4.98. The summed E-state index contributed by atoms with van der Waals surface area (Å²) < 4.78 is 38.2. The van der Waals surface area contributed by atoms with Crippen molar-refractivity contribution in [3.05, 3.63) is 54.9 Å². The molecule has 3 nitrogen and oxygen atoms in total. The number of ether oxygens (including phenoxy) is 1. The highest BCUT2D eigenvalue weighted by Crippen LogP contribution is 2.24. The maximum absolute atomic E-state index is 11.6. The summed E-state index contributed by atoms with van der Waals surface area (Å²) in [5.74, 6) is -0.695. The topological polar surface area (TPSA) is 42.4 Å². The molecule has 2 aromatic rings. The molecule has 0 amide bonds. The molecule has 0 unspecified atom stereocenters. The molecule has 0 spiro atoms. The molecule has 1 aromatic carbocycles. The quantitative estimate of drug-likeness (QED) is 0.851. The first kappa shape index (κ1) is 13.8. The van der Waals surface area contributed by atoms with E-state index in [1.807, 2.05) is 18.2 Å². The van der Waals surface area contributed by atoms with Gasteiger partial charge in [-0.05, 0) is 24.3 Å². The van der Waals surface area contributed by atoms with Crippen LogP contribution in [0.4, 0.5) is 13.2 Å². The average Bonchev–Trinajstić information content (AvgIpc) is 2.30. The molecule has 0 saturated carbocycles. The van der Waals surface area contributed by atoms with E-state index < -0.39 is 12.1 Å². The van der Waals surface area contributed by atoms with Crippen LogP contribution in [0.5, 0.6) is 11.5 Å². The molecule has 0 atom stereocenters. The molecule has 1 aromatic heterocycles. The highest BCUT2D eigenvalue weighted by atomic mass is 19.4. The smallest absolute Gasteiger partial charge is 0.508 e. The van der Waals surface area contributed by atoms with Gasteiger partial charge < -0.3 is 9.84 Å². The largest absolute Gasteiger partial charge is 0.573 e. The number of halogens is 3. The number of phenols is 1. The summed E-state index contributed by atoms with van der Waals surface area (Å²) >= 11 is 0. The number of rotatable bonds is 1. The number of aromatic nitrogens is 1. The molecule has 6 heteroatoms. The lowest BCUT2D eigenvalue weighted by atomic mass is 10.3. The van der Waals surface area contributed by atoms with E-state index in [2.05, 4.69) is 9.72 Å². The van der Waals surface area contributed by atoms with Crippen molar-refractivity contribution in [2.24, 2.45) is 0 Å². The molecule has 0 bridgehead atoms. The number of benzene rings is 1. The van der Waals surface area contributed by atoms with Crippen molar-refractivity contribution in [1.82, 2.24) is 4.98 Å². The summed E-state index contributed by atoms with van der Waals surface area (Å²) in [4.78, 5) is 3.78. The first-order valence-corrected chi connectivity index (χ1v) is 4.87. The summed E-state index contributed by atoms with van der Waals surface area (Å²) in [6.07, 6.45) is -1.21. The summed E-state index contributed by atoms with van der Waals surface area (Å²) in [5, 5.41) is 8.76. The minimum atomic E-state index is -4.71. The number of hydrogen-bond acceptors (Lipinski definition) is 3. The van der Waals surface area contributed by atoms with Gasteiger partial charge in [0.2, 0.25) is 0 Å². The predicted molar refractivity (Wildman–Crippen MR) is 59.0 cm³/mol. The van der Waals surface area contributed by atoms with Gasteiger partial charge in [-0.2, -0.15) is 0 Å². The Morgan fingerprint density at radius 1 is 1.00 bits per heavy atom. The van der Waals surface area contributed by atoms with E-state index in [1.165, 1.54) is 12.1 Å². The number of phenolic OH excluding ortho intramolecular Hbond substituents is 1. The molecule has 0 saturated heterocycles. The monoisotopic (exact) mass is 257 g/mol. The Hall–Kier alpha value is -2.24. The summed E-state index contributed by atoms with van der Waals surface area (Å²) in [6.45, 7) is 0. The Bertz CT molecular complexity index is 434. The third-order valence-electron chi connectivity index (χ3n) is 1.62. The first-order chi connectivity index (χ1) is 8.47. The number of alkyl halides is 3. The second-order valence-electron chi connectivity index (χ2n) is 3.07. The van der Waals surface area contributed by atoms with Gasteiger partial charge in [-0.3, -0.25) is 4.98 Å². The maximum atomic E-state index is 11.6. The second kappa shape index (κ2) is 6.48. The van der Waals surface area contributed by atoms with Crippen LogP contribution in [-0.2, 0) is 0 Å². The molecule has 18 heavy (non-hydrogen) atoms. The lowest BCUT2D eigenvalue weighted by Gasteiger charge is -2.07. The van der Waals surface area contributed by atoms with Crippen LogP contribution < -0.4 is 4.74 Å². The van der Waals surface area contributed by atoms with Crippen LogP contribution in [0.3, 0.4) is 0 Å². The van der Waals surface area contributed by atoms with Gasteiger partial charge in [0.1, 0.15) is 11.5 Å². The normalized spacial score (nSPS) is 10.2. The number of aromatic hydroxyl groups is 1. The summed E-state index contributed by atoms with van der Waals surface area (Å²) in [7, 11) is 0. The van der Waals surface area contributed by atoms with Crippen LogP contribution in [0.25, 0.3) is 0 Å². The van der Waals surface area contributed by atoms with Crippen molar-refractivity contribution < 1.29 is 23.0 Å². The zero-order valence-corrected chi connectivity index (χ0v) is 9.13. The van der Waals surface area contributed by atoms with E-state index in [0.717, 1.165) is 12.1 Å². The van der Waals surface area contributed by atoms with E-state index in [9.17, 15) is 13.2 Å². The van der Waals surface area contributed by atoms with E-state index in [4.69, 9.17) is 5.11 Å². The van der Waals surface area contributed by atoms with Gasteiger partial charge in [-0.25, -0.2) is 0 Å². The minimum absolute atomic E-state index is 0.267. The predicted octanol–water partition coefficient (Wildman–Crippen LogP) is 3.37. The van der Waals surface area contributed by atoms with Gasteiger partial charge in [0, 0.05) is 18.5 Å². The average molecular weight is 257 g/mol. The van der Waals surface area contributed by atoms with Crippen molar-refractivity contribution in [2.45, 2.75) is 6.36 Å². The third kappa shape index (κ3) is 6.37. The van der Waals surface area contributed by atoms with Crippen molar-refractivity contribution in [2.75, 3.05) is 0 Å². The van der Waals surface area contributed by atoms with Gasteiger partial charge >= 0.3 is 6.36 Å². The second-order valence-corrected chi connectivity index (χ2v) is 3.07. The van der Waals surface area contributed by atoms with E-state index in [-0.39, 0.29) is 5.75 Å². The molecule has 1 N–H and O–H groups in total. The Morgan fingerprint density at radius 3 is 2.06 bits per heavy atom. The molecular formula is C12H10F3NO2. The fourth-order valence-corrected chi connectivity index (χ4v) is 0.993. The van der Waals surface area contributed by atoms with Crippen LogP contribution in [0.1, 0.15) is 0 Å². The molecule has 0 radical (unpaired) electrons. The molecule has 2 rings (SSSR count). The SMILES string of the molecule is Oc1cccc(OC(F)(F)F)c1.c1ccncc1. The molecule has 0 fully saturated rings. The Balaban J connectivity index is 0.000000225. The van der Waals surface area contributed by atoms with E-state index in [0.29, 0.717) is 0 Å². The van der Waals surface area contributed by atoms with Crippen LogP contribution in [0, 0.1) is 0 Å². The van der Waals surface area contributed by atoms with Gasteiger partial charge in [0.25, 0.3) is 0 Å². The molecule has 0 aliphatic rings. The zero-order chi connectivity index (χ0) is 13.4. The fourth-order valence-electron chi connectivity index (χ4n) is 0.993. The maximum Gasteiger partial charge on any atom is 0.573 e. The number of hydrogen-bond donors (Lipinski definition) is 1. The van der Waals surface area contributed by atoms with Crippen LogP contribution in [0.15, 0.2) is 54.9 Å². The molecule has 0 aliphatic heterocycles. The van der Waals surface area contributed by atoms with Crippen LogP contribution in [-0.4, -0.2) is 16.5 Å². The highest BCUT2D eigenvalue weighted by molar-refractivity contribution is 5.31. The summed E-state index contributed by atoms with van der Waals surface area (Å²) in [6, 6.07) is 10.2. The molecule has 0 aliphatic carbocycles.